The average Bonchev–Trinajstić information content (AvgIpc) is 2.87. The molecule has 2 atom stereocenters. The molecule has 2 aromatic carbocycles. The summed E-state index contributed by atoms with van der Waals surface area (Å²) in [5, 5.41) is 38.6. The van der Waals surface area contributed by atoms with Crippen molar-refractivity contribution in [1.82, 2.24) is 10.3 Å². The molecule has 0 spiro atoms. The zero-order chi connectivity index (χ0) is 27.4. The quantitative estimate of drug-likeness (QED) is 0.211. The van der Waals surface area contributed by atoms with E-state index in [1.54, 1.807) is 48.5 Å². The second kappa shape index (κ2) is 14.5. The summed E-state index contributed by atoms with van der Waals surface area (Å²) in [5.74, 6) is -3.61. The van der Waals surface area contributed by atoms with Gasteiger partial charge in [0.2, 0.25) is 5.88 Å². The summed E-state index contributed by atoms with van der Waals surface area (Å²) in [6.45, 7) is 0.193. The second-order valence-corrected chi connectivity index (χ2v) is 8.08. The van der Waals surface area contributed by atoms with E-state index in [0.717, 1.165) is 5.56 Å². The van der Waals surface area contributed by atoms with Crippen molar-refractivity contribution in [1.29, 1.82) is 0 Å². The number of rotatable bonds is 10. The van der Waals surface area contributed by atoms with Crippen molar-refractivity contribution in [3.8, 4) is 11.6 Å². The highest BCUT2D eigenvalue weighted by Gasteiger charge is 2.14. The van der Waals surface area contributed by atoms with Crippen molar-refractivity contribution in [2.24, 2.45) is 5.73 Å². The molecule has 0 unspecified atom stereocenters. The molecular formula is C25H26ClN3O8. The van der Waals surface area contributed by atoms with Crippen LogP contribution in [0.25, 0.3) is 0 Å². The highest BCUT2D eigenvalue weighted by molar-refractivity contribution is 6.30. The van der Waals surface area contributed by atoms with Crippen LogP contribution in [0.15, 0.2) is 66.9 Å². The number of carboxylic acid groups (broad SMARTS) is 2. The van der Waals surface area contributed by atoms with Crippen LogP contribution in [0.1, 0.15) is 27.6 Å². The Labute approximate surface area is 217 Å². The van der Waals surface area contributed by atoms with Gasteiger partial charge in [-0.3, -0.25) is 4.79 Å². The Bertz CT molecular complexity index is 1190. The van der Waals surface area contributed by atoms with Crippen molar-refractivity contribution in [3.63, 3.8) is 0 Å². The van der Waals surface area contributed by atoms with Crippen molar-refractivity contribution in [2.75, 3.05) is 13.2 Å². The molecule has 0 radical (unpaired) electrons. The van der Waals surface area contributed by atoms with E-state index in [1.165, 1.54) is 6.20 Å². The van der Waals surface area contributed by atoms with Crippen LogP contribution in [0.5, 0.6) is 11.6 Å². The van der Waals surface area contributed by atoms with Crippen LogP contribution in [-0.2, 0) is 16.0 Å². The summed E-state index contributed by atoms with van der Waals surface area (Å²) in [6.07, 6.45) is 1.34. The van der Waals surface area contributed by atoms with E-state index in [9.17, 15) is 15.0 Å². The number of carbonyl (C=O) groups excluding carboxylic acids is 1. The van der Waals surface area contributed by atoms with Crippen molar-refractivity contribution in [2.45, 2.75) is 18.6 Å². The minimum atomic E-state index is -1.82. The van der Waals surface area contributed by atoms with E-state index in [0.29, 0.717) is 22.8 Å². The normalized spacial score (nSPS) is 12.0. The first-order chi connectivity index (χ1) is 17.6. The van der Waals surface area contributed by atoms with E-state index >= 15 is 0 Å². The lowest BCUT2D eigenvalue weighted by Crippen LogP contribution is -2.37. The highest BCUT2D eigenvalue weighted by Crippen LogP contribution is 2.23. The van der Waals surface area contributed by atoms with Gasteiger partial charge in [-0.15, -0.1) is 0 Å². The lowest BCUT2D eigenvalue weighted by molar-refractivity contribution is -0.159. The summed E-state index contributed by atoms with van der Waals surface area (Å²) in [5.41, 5.74) is 7.22. The number of pyridine rings is 1. The summed E-state index contributed by atoms with van der Waals surface area (Å²) < 4.78 is 5.67. The van der Waals surface area contributed by atoms with Crippen LogP contribution in [0, 0.1) is 0 Å². The third kappa shape index (κ3) is 9.86. The third-order valence-corrected chi connectivity index (χ3v) is 5.13. The van der Waals surface area contributed by atoms with Crippen molar-refractivity contribution in [3.05, 3.63) is 88.6 Å². The monoisotopic (exact) mass is 531 g/mol. The standard InChI is InChI=1S/C23H24ClN3O4.C2H2O4/c24-17-4-1-3-16(12-17)21(29)13-27-18(14-28)11-15-6-8-19(9-7-15)31-23-20(22(25)30)5-2-10-26-23;3-1(4)2(5)6/h1-10,12,18,21,27-29H,11,13-14H2,(H2,25,30);(H,3,4)(H,5,6)/t18-,21-;/m0./s1. The van der Waals surface area contributed by atoms with Crippen molar-refractivity contribution >= 4 is 29.4 Å². The number of carboxylic acids is 2. The van der Waals surface area contributed by atoms with Gasteiger partial charge in [-0.25, -0.2) is 14.6 Å². The molecule has 0 aliphatic rings. The topological polar surface area (TPSA) is 192 Å². The Morgan fingerprint density at radius 2 is 1.70 bits per heavy atom. The van der Waals surface area contributed by atoms with Gasteiger partial charge in [0.15, 0.2) is 0 Å². The average molecular weight is 532 g/mol. The molecule has 0 aliphatic heterocycles. The molecule has 0 saturated carbocycles. The predicted octanol–water partition coefficient (Wildman–Crippen LogP) is 2.01. The van der Waals surface area contributed by atoms with E-state index in [2.05, 4.69) is 10.3 Å². The Balaban J connectivity index is 0.000000717. The summed E-state index contributed by atoms with van der Waals surface area (Å²) in [4.78, 5) is 33.7. The minimum absolute atomic E-state index is 0.0869. The first kappa shape index (κ1) is 29.2. The molecule has 11 nitrogen and oxygen atoms in total. The first-order valence-corrected chi connectivity index (χ1v) is 11.2. The van der Waals surface area contributed by atoms with Crippen LogP contribution >= 0.6 is 11.6 Å². The van der Waals surface area contributed by atoms with Gasteiger partial charge in [0.1, 0.15) is 11.3 Å². The van der Waals surface area contributed by atoms with Gasteiger partial charge in [-0.1, -0.05) is 35.9 Å². The number of benzene rings is 2. The Morgan fingerprint density at radius 1 is 1.03 bits per heavy atom. The van der Waals surface area contributed by atoms with Gasteiger partial charge in [0.05, 0.1) is 12.7 Å². The van der Waals surface area contributed by atoms with Crippen LogP contribution in [0.2, 0.25) is 5.02 Å². The van der Waals surface area contributed by atoms with Crippen LogP contribution < -0.4 is 15.8 Å². The van der Waals surface area contributed by atoms with Gasteiger partial charge >= 0.3 is 11.9 Å². The SMILES string of the molecule is NC(=O)c1cccnc1Oc1ccc(C[C@@H](CO)NC[C@H](O)c2cccc(Cl)c2)cc1.O=C(O)C(=O)O. The maximum absolute atomic E-state index is 11.5. The molecule has 7 N–H and O–H groups in total. The molecule has 1 aromatic heterocycles. The van der Waals surface area contributed by atoms with Gasteiger partial charge in [-0.2, -0.15) is 0 Å². The number of hydrogen-bond acceptors (Lipinski definition) is 8. The van der Waals surface area contributed by atoms with Gasteiger partial charge in [-0.05, 0) is 53.9 Å². The van der Waals surface area contributed by atoms with Gasteiger partial charge in [0.25, 0.3) is 5.91 Å². The molecule has 0 bridgehead atoms. The molecule has 1 amide bonds. The molecule has 0 fully saturated rings. The minimum Gasteiger partial charge on any atom is -0.473 e. The zero-order valence-electron chi connectivity index (χ0n) is 19.5. The fourth-order valence-corrected chi connectivity index (χ4v) is 3.26. The molecular weight excluding hydrogens is 506 g/mol. The molecule has 1 heterocycles. The van der Waals surface area contributed by atoms with Crippen molar-refractivity contribution < 1.29 is 39.5 Å². The lowest BCUT2D eigenvalue weighted by atomic mass is 10.1. The van der Waals surface area contributed by atoms with E-state index in [1.807, 2.05) is 12.1 Å². The van der Waals surface area contributed by atoms with E-state index in [4.69, 9.17) is 41.9 Å². The molecule has 0 aliphatic carbocycles. The number of nitrogens with zero attached hydrogens (tertiary/aromatic N) is 1. The molecule has 37 heavy (non-hydrogen) atoms. The van der Waals surface area contributed by atoms with Crippen LogP contribution in [-0.4, -0.2) is 62.4 Å². The summed E-state index contributed by atoms with van der Waals surface area (Å²) in [7, 11) is 0. The number of nitrogens with one attached hydrogen (secondary N) is 1. The number of halogens is 1. The molecule has 3 aromatic rings. The fourth-order valence-electron chi connectivity index (χ4n) is 3.06. The smallest absolute Gasteiger partial charge is 0.414 e. The Kier molecular flexibility index (Phi) is 11.5. The number of nitrogens with two attached hydrogens (primary N) is 1. The number of aliphatic carboxylic acids is 2. The Hall–Kier alpha value is -4.03. The number of carbonyl (C=O) groups is 3. The fraction of sp³-hybridized carbons (Fsp3) is 0.200. The second-order valence-electron chi connectivity index (χ2n) is 7.64. The summed E-state index contributed by atoms with van der Waals surface area (Å²) >= 11 is 5.97. The number of primary amides is 1. The van der Waals surface area contributed by atoms with Crippen LogP contribution in [0.3, 0.4) is 0 Å². The first-order valence-electron chi connectivity index (χ1n) is 10.9. The molecule has 12 heteroatoms. The molecule has 196 valence electrons. The molecule has 0 saturated heterocycles. The number of aromatic nitrogens is 1. The van der Waals surface area contributed by atoms with Gasteiger partial charge in [0, 0.05) is 23.8 Å². The highest BCUT2D eigenvalue weighted by atomic mass is 35.5. The lowest BCUT2D eigenvalue weighted by Gasteiger charge is -2.19. The number of ether oxygens (including phenoxy) is 1. The summed E-state index contributed by atoms with van der Waals surface area (Å²) in [6, 6.07) is 17.2. The number of hydrogen-bond donors (Lipinski definition) is 6. The van der Waals surface area contributed by atoms with Gasteiger partial charge < -0.3 is 36.2 Å². The van der Waals surface area contributed by atoms with E-state index < -0.39 is 23.9 Å². The van der Waals surface area contributed by atoms with E-state index in [-0.39, 0.29) is 30.6 Å². The maximum Gasteiger partial charge on any atom is 0.414 e. The number of aliphatic hydroxyl groups is 2. The molecule has 3 rings (SSSR count). The van der Waals surface area contributed by atoms with Crippen LogP contribution in [0.4, 0.5) is 0 Å². The number of aliphatic hydroxyl groups excluding tert-OH is 2. The number of amides is 1. The Morgan fingerprint density at radius 3 is 2.27 bits per heavy atom. The third-order valence-electron chi connectivity index (χ3n) is 4.89. The maximum atomic E-state index is 11.5. The largest absolute Gasteiger partial charge is 0.473 e. The zero-order valence-corrected chi connectivity index (χ0v) is 20.2. The predicted molar refractivity (Wildman–Crippen MR) is 134 cm³/mol.